The molecule has 1 aromatic rings. The molecule has 1 heterocycles. The number of hydrogen-bond donors (Lipinski definition) is 2. The molecule has 0 spiro atoms. The summed E-state index contributed by atoms with van der Waals surface area (Å²) in [5.74, 6) is 0. The highest BCUT2D eigenvalue weighted by atomic mass is 16.3. The van der Waals surface area contributed by atoms with Crippen LogP contribution in [0.2, 0.25) is 0 Å². The molecule has 0 aromatic heterocycles. The maximum Gasteiger partial charge on any atom is 0.0690 e. The maximum absolute atomic E-state index is 10.0. The van der Waals surface area contributed by atoms with E-state index in [-0.39, 0.29) is 0 Å². The third-order valence-corrected chi connectivity index (χ3v) is 4.49. The van der Waals surface area contributed by atoms with Crippen LogP contribution in [0.25, 0.3) is 0 Å². The molecule has 3 heteroatoms. The second-order valence-corrected chi connectivity index (χ2v) is 6.11. The molecule has 1 atom stereocenters. The zero-order valence-electron chi connectivity index (χ0n) is 11.7. The van der Waals surface area contributed by atoms with Crippen LogP contribution >= 0.6 is 0 Å². The molecule has 1 unspecified atom stereocenters. The van der Waals surface area contributed by atoms with Gasteiger partial charge in [-0.05, 0) is 30.9 Å². The van der Waals surface area contributed by atoms with Crippen LogP contribution in [0.15, 0.2) is 24.3 Å². The summed E-state index contributed by atoms with van der Waals surface area (Å²) < 4.78 is 0. The number of rotatable bonds is 4. The highest BCUT2D eigenvalue weighted by Gasteiger charge is 2.40. The van der Waals surface area contributed by atoms with Gasteiger partial charge in [0, 0.05) is 38.6 Å². The summed E-state index contributed by atoms with van der Waals surface area (Å²) in [6.07, 6.45) is 2.74. The average Bonchev–Trinajstić information content (AvgIpc) is 3.16. The first-order valence-corrected chi connectivity index (χ1v) is 7.42. The van der Waals surface area contributed by atoms with Crippen LogP contribution < -0.4 is 5.32 Å². The van der Waals surface area contributed by atoms with Crippen molar-refractivity contribution in [2.24, 2.45) is 0 Å². The van der Waals surface area contributed by atoms with E-state index >= 15 is 0 Å². The van der Waals surface area contributed by atoms with Gasteiger partial charge in [-0.15, -0.1) is 0 Å². The van der Waals surface area contributed by atoms with Crippen LogP contribution in [0.1, 0.15) is 36.9 Å². The molecule has 2 fully saturated rings. The lowest BCUT2D eigenvalue weighted by Crippen LogP contribution is -2.44. The Balaban J connectivity index is 1.70. The fourth-order valence-electron chi connectivity index (χ4n) is 2.94. The van der Waals surface area contributed by atoms with Crippen molar-refractivity contribution >= 4 is 0 Å². The van der Waals surface area contributed by atoms with Crippen LogP contribution in [0.3, 0.4) is 0 Å². The molecular weight excluding hydrogens is 236 g/mol. The zero-order chi connectivity index (χ0) is 13.3. The Hall–Kier alpha value is -0.900. The lowest BCUT2D eigenvalue weighted by molar-refractivity contribution is 0.150. The predicted octanol–water partition coefficient (Wildman–Crippen LogP) is 1.72. The first kappa shape index (κ1) is 13.1. The normalized spacial score (nSPS) is 24.1. The van der Waals surface area contributed by atoms with Crippen LogP contribution in [0.4, 0.5) is 0 Å². The molecule has 1 aliphatic carbocycles. The second-order valence-electron chi connectivity index (χ2n) is 6.11. The van der Waals surface area contributed by atoms with Crippen molar-refractivity contribution < 1.29 is 5.11 Å². The number of hydrogen-bond acceptors (Lipinski definition) is 3. The van der Waals surface area contributed by atoms with E-state index in [1.54, 1.807) is 0 Å². The van der Waals surface area contributed by atoms with E-state index in [4.69, 9.17) is 0 Å². The topological polar surface area (TPSA) is 35.5 Å². The summed E-state index contributed by atoms with van der Waals surface area (Å²) >= 11 is 0. The summed E-state index contributed by atoms with van der Waals surface area (Å²) in [4.78, 5) is 2.53. The van der Waals surface area contributed by atoms with Crippen molar-refractivity contribution in [2.45, 2.75) is 37.8 Å². The summed E-state index contributed by atoms with van der Waals surface area (Å²) in [6, 6.07) is 9.24. The molecule has 2 aliphatic rings. The molecule has 2 N–H and O–H groups in total. The van der Waals surface area contributed by atoms with Gasteiger partial charge in [0.15, 0.2) is 0 Å². The molecule has 1 aromatic carbocycles. The lowest BCUT2D eigenvalue weighted by atomic mass is 9.99. The van der Waals surface area contributed by atoms with Gasteiger partial charge in [-0.25, -0.2) is 0 Å². The highest BCUT2D eigenvalue weighted by molar-refractivity contribution is 5.28. The van der Waals surface area contributed by atoms with Gasteiger partial charge in [-0.2, -0.15) is 0 Å². The van der Waals surface area contributed by atoms with Crippen molar-refractivity contribution in [3.8, 4) is 0 Å². The number of benzene rings is 1. The Morgan fingerprint density at radius 1 is 1.32 bits per heavy atom. The van der Waals surface area contributed by atoms with Crippen LogP contribution in [0, 0.1) is 0 Å². The van der Waals surface area contributed by atoms with E-state index in [9.17, 15) is 5.11 Å². The molecule has 3 rings (SSSR count). The number of nitrogens with one attached hydrogen (secondary N) is 1. The average molecular weight is 260 g/mol. The molecule has 0 radical (unpaired) electrons. The van der Waals surface area contributed by atoms with Crippen molar-refractivity contribution in [1.82, 2.24) is 10.2 Å². The molecule has 0 bridgehead atoms. The standard InChI is InChI=1S/C16H24N2O/c1-13(18-9-7-17-8-10-18)15-4-2-3-14(11-15)12-16(19)5-6-16/h2-4,11,13,17,19H,5-10,12H2,1H3. The van der Waals surface area contributed by atoms with Gasteiger partial charge in [0.05, 0.1) is 5.60 Å². The first-order chi connectivity index (χ1) is 9.16. The number of nitrogens with zero attached hydrogens (tertiary/aromatic N) is 1. The smallest absolute Gasteiger partial charge is 0.0690 e. The Kier molecular flexibility index (Phi) is 3.61. The van der Waals surface area contributed by atoms with Gasteiger partial charge in [0.1, 0.15) is 0 Å². The highest BCUT2D eigenvalue weighted by Crippen LogP contribution is 2.38. The van der Waals surface area contributed by atoms with Crippen LogP contribution in [-0.2, 0) is 6.42 Å². The Bertz CT molecular complexity index is 436. The summed E-state index contributed by atoms with van der Waals surface area (Å²) in [6.45, 7) is 6.70. The largest absolute Gasteiger partial charge is 0.390 e. The molecule has 1 saturated carbocycles. The third-order valence-electron chi connectivity index (χ3n) is 4.49. The molecule has 1 aliphatic heterocycles. The lowest BCUT2D eigenvalue weighted by Gasteiger charge is -2.33. The van der Waals surface area contributed by atoms with E-state index in [0.29, 0.717) is 6.04 Å². The van der Waals surface area contributed by atoms with E-state index in [0.717, 1.165) is 45.4 Å². The fraction of sp³-hybridized carbons (Fsp3) is 0.625. The van der Waals surface area contributed by atoms with Gasteiger partial charge in [0.25, 0.3) is 0 Å². The first-order valence-electron chi connectivity index (χ1n) is 7.42. The third kappa shape index (κ3) is 3.16. The minimum absolute atomic E-state index is 0.392. The number of aliphatic hydroxyl groups is 1. The van der Waals surface area contributed by atoms with E-state index in [1.165, 1.54) is 11.1 Å². The SMILES string of the molecule is CC(c1cccc(CC2(O)CC2)c1)N1CCNCC1. The van der Waals surface area contributed by atoms with Crippen LogP contribution in [0.5, 0.6) is 0 Å². The van der Waals surface area contributed by atoms with E-state index in [2.05, 4.69) is 41.4 Å². The summed E-state index contributed by atoms with van der Waals surface area (Å²) in [5.41, 5.74) is 2.26. The van der Waals surface area contributed by atoms with Crippen molar-refractivity contribution in [3.63, 3.8) is 0 Å². The van der Waals surface area contributed by atoms with Gasteiger partial charge >= 0.3 is 0 Å². The van der Waals surface area contributed by atoms with Gasteiger partial charge in [-0.1, -0.05) is 24.3 Å². The van der Waals surface area contributed by atoms with Gasteiger partial charge < -0.3 is 10.4 Å². The molecule has 0 amide bonds. The monoisotopic (exact) mass is 260 g/mol. The maximum atomic E-state index is 10.0. The quantitative estimate of drug-likeness (QED) is 0.865. The Morgan fingerprint density at radius 3 is 2.74 bits per heavy atom. The molecule has 3 nitrogen and oxygen atoms in total. The van der Waals surface area contributed by atoms with Crippen LogP contribution in [-0.4, -0.2) is 41.8 Å². The predicted molar refractivity (Wildman–Crippen MR) is 77.2 cm³/mol. The minimum atomic E-state index is -0.392. The second kappa shape index (κ2) is 5.23. The Labute approximate surface area is 115 Å². The summed E-state index contributed by atoms with van der Waals surface area (Å²) in [7, 11) is 0. The van der Waals surface area contributed by atoms with Crippen molar-refractivity contribution in [1.29, 1.82) is 0 Å². The van der Waals surface area contributed by atoms with E-state index in [1.807, 2.05) is 0 Å². The minimum Gasteiger partial charge on any atom is -0.390 e. The zero-order valence-corrected chi connectivity index (χ0v) is 11.7. The van der Waals surface area contributed by atoms with Gasteiger partial charge in [-0.3, -0.25) is 4.90 Å². The molecule has 19 heavy (non-hydrogen) atoms. The molecular formula is C16H24N2O. The number of piperazine rings is 1. The molecule has 1 saturated heterocycles. The molecule has 104 valence electrons. The van der Waals surface area contributed by atoms with Gasteiger partial charge in [0.2, 0.25) is 0 Å². The fourth-order valence-corrected chi connectivity index (χ4v) is 2.94. The van der Waals surface area contributed by atoms with Crippen molar-refractivity contribution in [2.75, 3.05) is 26.2 Å². The summed E-state index contributed by atoms with van der Waals surface area (Å²) in [5, 5.41) is 13.4. The Morgan fingerprint density at radius 2 is 2.05 bits per heavy atom. The van der Waals surface area contributed by atoms with Crippen molar-refractivity contribution in [3.05, 3.63) is 35.4 Å². The van der Waals surface area contributed by atoms with E-state index < -0.39 is 5.60 Å².